The van der Waals surface area contributed by atoms with Crippen molar-refractivity contribution >= 4 is 46.7 Å². The molecule has 0 radical (unpaired) electrons. The van der Waals surface area contributed by atoms with Gasteiger partial charge in [0.15, 0.2) is 5.78 Å². The molecule has 0 saturated carbocycles. The molecule has 1 heterocycles. The molecular weight excluding hydrogens is 463 g/mol. The fourth-order valence-electron chi connectivity index (χ4n) is 4.26. The third-order valence-corrected chi connectivity index (χ3v) is 6.65. The molecule has 0 unspecified atom stereocenters. The first-order valence-corrected chi connectivity index (χ1v) is 11.3. The summed E-state index contributed by atoms with van der Waals surface area (Å²) in [6, 6.07) is 11.2. The Labute approximate surface area is 201 Å². The molecule has 3 amide bonds. The standard InChI is InChI=1S/C25H22Cl2N2O4/c1-14-3-6-16(7-4-14)22(30)13-28(23(31)19-10-8-17(26)12-21(19)27)29-24(32)18-9-5-15(2)11-20(18)25(29)33/h3-8,10,12,18,20H,9,11,13H2,1-2H3/t18-,20-/m1/s1. The minimum atomic E-state index is -0.720. The smallest absolute Gasteiger partial charge is 0.274 e. The van der Waals surface area contributed by atoms with Crippen molar-refractivity contribution < 1.29 is 19.2 Å². The van der Waals surface area contributed by atoms with E-state index < -0.39 is 41.9 Å². The molecule has 170 valence electrons. The molecule has 2 aromatic rings. The molecule has 2 aliphatic rings. The monoisotopic (exact) mass is 484 g/mol. The zero-order chi connectivity index (χ0) is 23.9. The van der Waals surface area contributed by atoms with Gasteiger partial charge in [0.05, 0.1) is 22.4 Å². The van der Waals surface area contributed by atoms with Gasteiger partial charge in [-0.2, -0.15) is 5.01 Å². The number of fused-ring (bicyclic) bond motifs is 1. The van der Waals surface area contributed by atoms with E-state index in [0.29, 0.717) is 23.4 Å². The molecule has 0 bridgehead atoms. The molecule has 4 rings (SSSR count). The topological polar surface area (TPSA) is 74.8 Å². The van der Waals surface area contributed by atoms with Crippen LogP contribution in [-0.2, 0) is 9.59 Å². The maximum Gasteiger partial charge on any atom is 0.274 e. The Balaban J connectivity index is 1.72. The van der Waals surface area contributed by atoms with E-state index in [2.05, 4.69) is 0 Å². The Morgan fingerprint density at radius 3 is 2.33 bits per heavy atom. The Kier molecular flexibility index (Phi) is 6.41. The fourth-order valence-corrected chi connectivity index (χ4v) is 4.75. The average molecular weight is 485 g/mol. The summed E-state index contributed by atoms with van der Waals surface area (Å²) in [4.78, 5) is 53.1. The second-order valence-corrected chi connectivity index (χ2v) is 9.31. The molecular formula is C25H22Cl2N2O4. The van der Waals surface area contributed by atoms with Crippen LogP contribution in [-0.4, -0.2) is 40.1 Å². The highest BCUT2D eigenvalue weighted by Gasteiger charge is 2.51. The van der Waals surface area contributed by atoms with Crippen molar-refractivity contribution in [1.29, 1.82) is 0 Å². The van der Waals surface area contributed by atoms with Crippen molar-refractivity contribution in [2.75, 3.05) is 6.54 Å². The number of imide groups is 1. The number of amides is 3. The number of carbonyl (C=O) groups is 4. The highest BCUT2D eigenvalue weighted by atomic mass is 35.5. The van der Waals surface area contributed by atoms with E-state index in [0.717, 1.165) is 21.2 Å². The molecule has 1 aliphatic heterocycles. The van der Waals surface area contributed by atoms with Crippen LogP contribution >= 0.6 is 23.2 Å². The summed E-state index contributed by atoms with van der Waals surface area (Å²) in [5.74, 6) is -3.18. The third kappa shape index (κ3) is 4.45. The lowest BCUT2D eigenvalue weighted by Crippen LogP contribution is -2.52. The zero-order valence-corrected chi connectivity index (χ0v) is 19.7. The molecule has 2 atom stereocenters. The minimum absolute atomic E-state index is 0.0440. The second-order valence-electron chi connectivity index (χ2n) is 8.47. The number of halogens is 2. The molecule has 2 aromatic carbocycles. The Morgan fingerprint density at radius 1 is 1.00 bits per heavy atom. The summed E-state index contributed by atoms with van der Waals surface area (Å²) < 4.78 is 0. The molecule has 1 fully saturated rings. The lowest BCUT2D eigenvalue weighted by atomic mass is 9.82. The highest BCUT2D eigenvalue weighted by molar-refractivity contribution is 6.36. The number of ketones is 1. The first-order chi connectivity index (χ1) is 15.7. The van der Waals surface area contributed by atoms with Gasteiger partial charge in [0.1, 0.15) is 6.54 Å². The molecule has 0 spiro atoms. The predicted molar refractivity (Wildman–Crippen MR) is 125 cm³/mol. The molecule has 6 nitrogen and oxygen atoms in total. The summed E-state index contributed by atoms with van der Waals surface area (Å²) in [5, 5.41) is 2.17. The summed E-state index contributed by atoms with van der Waals surface area (Å²) in [7, 11) is 0. The van der Waals surface area contributed by atoms with Gasteiger partial charge in [0, 0.05) is 10.6 Å². The van der Waals surface area contributed by atoms with Crippen LogP contribution < -0.4 is 0 Å². The van der Waals surface area contributed by atoms with Crippen LogP contribution in [0.2, 0.25) is 10.0 Å². The van der Waals surface area contributed by atoms with Gasteiger partial charge in [-0.15, -0.1) is 0 Å². The van der Waals surface area contributed by atoms with Crippen molar-refractivity contribution in [3.8, 4) is 0 Å². The number of benzene rings is 2. The van der Waals surface area contributed by atoms with Crippen LogP contribution in [0.1, 0.15) is 46.0 Å². The maximum atomic E-state index is 13.5. The number of carbonyl (C=O) groups excluding carboxylic acids is 4. The van der Waals surface area contributed by atoms with Gasteiger partial charge in [-0.05, 0) is 44.9 Å². The summed E-state index contributed by atoms with van der Waals surface area (Å²) >= 11 is 12.2. The summed E-state index contributed by atoms with van der Waals surface area (Å²) in [6.45, 7) is 3.32. The van der Waals surface area contributed by atoms with Gasteiger partial charge in [0.2, 0.25) is 0 Å². The van der Waals surface area contributed by atoms with Crippen LogP contribution in [0.25, 0.3) is 0 Å². The van der Waals surface area contributed by atoms with Crippen LogP contribution in [0, 0.1) is 18.8 Å². The van der Waals surface area contributed by atoms with Crippen molar-refractivity contribution in [1.82, 2.24) is 10.0 Å². The van der Waals surface area contributed by atoms with E-state index >= 15 is 0 Å². The first kappa shape index (κ1) is 23.2. The zero-order valence-electron chi connectivity index (χ0n) is 18.2. The van der Waals surface area contributed by atoms with Gasteiger partial charge in [-0.3, -0.25) is 19.2 Å². The van der Waals surface area contributed by atoms with Crippen LogP contribution in [0.4, 0.5) is 0 Å². The maximum absolute atomic E-state index is 13.5. The van der Waals surface area contributed by atoms with Crippen LogP contribution in [0.15, 0.2) is 54.1 Å². The second kappa shape index (κ2) is 9.12. The van der Waals surface area contributed by atoms with Gasteiger partial charge in [-0.25, -0.2) is 5.01 Å². The van der Waals surface area contributed by atoms with Gasteiger partial charge < -0.3 is 0 Å². The predicted octanol–water partition coefficient (Wildman–Crippen LogP) is 4.88. The highest BCUT2D eigenvalue weighted by Crippen LogP contribution is 2.39. The van der Waals surface area contributed by atoms with Crippen molar-refractivity contribution in [3.63, 3.8) is 0 Å². The lowest BCUT2D eigenvalue weighted by Gasteiger charge is -2.30. The third-order valence-electron chi connectivity index (χ3n) is 6.10. The normalized spacial score (nSPS) is 19.9. The van der Waals surface area contributed by atoms with Crippen LogP contribution in [0.3, 0.4) is 0 Å². The van der Waals surface area contributed by atoms with Gasteiger partial charge in [0.25, 0.3) is 17.7 Å². The van der Waals surface area contributed by atoms with Crippen LogP contribution in [0.5, 0.6) is 0 Å². The Morgan fingerprint density at radius 2 is 1.67 bits per heavy atom. The number of hydrogen-bond donors (Lipinski definition) is 0. The Hall–Kier alpha value is -2.96. The van der Waals surface area contributed by atoms with Crippen molar-refractivity contribution in [3.05, 3.63) is 80.8 Å². The minimum Gasteiger partial charge on any atom is -0.292 e. The van der Waals surface area contributed by atoms with Gasteiger partial charge in [-0.1, -0.05) is 64.7 Å². The van der Waals surface area contributed by atoms with E-state index in [1.54, 1.807) is 24.3 Å². The number of allylic oxidation sites excluding steroid dienone is 2. The summed E-state index contributed by atoms with van der Waals surface area (Å²) in [5.41, 5.74) is 2.41. The molecule has 8 heteroatoms. The fraction of sp³-hybridized carbons (Fsp3) is 0.280. The van der Waals surface area contributed by atoms with E-state index in [1.807, 2.05) is 19.9 Å². The van der Waals surface area contributed by atoms with Crippen molar-refractivity contribution in [2.45, 2.75) is 26.7 Å². The SMILES string of the molecule is CC1=CC[C@H]2C(=O)N(N(CC(=O)c3ccc(C)cc3)C(=O)c3ccc(Cl)cc3Cl)C(=O)[C@@H]2C1. The quantitative estimate of drug-likeness (QED) is 0.344. The lowest BCUT2D eigenvalue weighted by molar-refractivity contribution is -0.154. The van der Waals surface area contributed by atoms with E-state index in [-0.39, 0.29) is 10.6 Å². The Bertz CT molecular complexity index is 1190. The number of hydrazine groups is 1. The largest absolute Gasteiger partial charge is 0.292 e. The van der Waals surface area contributed by atoms with E-state index in [4.69, 9.17) is 23.2 Å². The number of aryl methyl sites for hydroxylation is 1. The summed E-state index contributed by atoms with van der Waals surface area (Å²) in [6.07, 6.45) is 2.81. The molecule has 0 aromatic heterocycles. The molecule has 33 heavy (non-hydrogen) atoms. The number of nitrogens with zero attached hydrogens (tertiary/aromatic N) is 2. The molecule has 1 saturated heterocycles. The van der Waals surface area contributed by atoms with Crippen molar-refractivity contribution in [2.24, 2.45) is 11.8 Å². The number of Topliss-reactive ketones (excluding diaryl/α,β-unsaturated/α-hetero) is 1. The first-order valence-electron chi connectivity index (χ1n) is 10.6. The average Bonchev–Trinajstić information content (AvgIpc) is 3.01. The molecule has 0 N–H and O–H groups in total. The molecule has 1 aliphatic carbocycles. The van der Waals surface area contributed by atoms with Gasteiger partial charge >= 0.3 is 0 Å². The number of rotatable bonds is 5. The number of hydrogen-bond acceptors (Lipinski definition) is 4. The van der Waals surface area contributed by atoms with E-state index in [9.17, 15) is 19.2 Å². The van der Waals surface area contributed by atoms with E-state index in [1.165, 1.54) is 18.2 Å².